The van der Waals surface area contributed by atoms with Gasteiger partial charge in [-0.15, -0.1) is 21.5 Å². The summed E-state index contributed by atoms with van der Waals surface area (Å²) in [7, 11) is 0. The van der Waals surface area contributed by atoms with Gasteiger partial charge in [-0.3, -0.25) is 9.59 Å². The van der Waals surface area contributed by atoms with E-state index in [1.807, 2.05) is 64.9 Å². The smallest absolute Gasteiger partial charge is 0.264 e. The average molecular weight is 478 g/mol. The minimum Gasteiger partial charge on any atom is -0.352 e. The van der Waals surface area contributed by atoms with Crippen molar-refractivity contribution in [1.29, 1.82) is 0 Å². The molecule has 2 aromatic heterocycles. The van der Waals surface area contributed by atoms with E-state index < -0.39 is 0 Å². The average Bonchev–Trinajstić information content (AvgIpc) is 3.43. The molecule has 0 spiro atoms. The van der Waals surface area contributed by atoms with Crippen molar-refractivity contribution in [2.45, 2.75) is 20.3 Å². The number of anilines is 1. The number of hydrogen-bond acceptors (Lipinski definition) is 6. The number of hydrogen-bond donors (Lipinski definition) is 0. The molecule has 1 aliphatic rings. The second kappa shape index (κ2) is 11.2. The second-order valence-electron chi connectivity index (χ2n) is 8.69. The van der Waals surface area contributed by atoms with Crippen LogP contribution >= 0.6 is 11.3 Å². The highest BCUT2D eigenvalue weighted by molar-refractivity contribution is 7.12. The van der Waals surface area contributed by atoms with Crippen molar-refractivity contribution in [3.8, 4) is 11.3 Å². The number of amides is 2. The number of rotatable bonds is 8. The van der Waals surface area contributed by atoms with Crippen molar-refractivity contribution < 1.29 is 9.59 Å². The van der Waals surface area contributed by atoms with Crippen LogP contribution in [0.3, 0.4) is 0 Å². The van der Waals surface area contributed by atoms with Crippen LogP contribution in [-0.4, -0.2) is 71.1 Å². The topological polar surface area (TPSA) is 69.6 Å². The maximum Gasteiger partial charge on any atom is 0.264 e. The number of nitrogens with zero attached hydrogens (tertiary/aromatic N) is 5. The Morgan fingerprint density at radius 2 is 1.76 bits per heavy atom. The van der Waals surface area contributed by atoms with E-state index in [-0.39, 0.29) is 18.4 Å². The van der Waals surface area contributed by atoms with Gasteiger partial charge in [0.2, 0.25) is 5.91 Å². The summed E-state index contributed by atoms with van der Waals surface area (Å²) in [5.41, 5.74) is 1.88. The van der Waals surface area contributed by atoms with Crippen LogP contribution in [0.15, 0.2) is 60.0 Å². The molecule has 34 heavy (non-hydrogen) atoms. The zero-order valence-corrected chi connectivity index (χ0v) is 20.6. The van der Waals surface area contributed by atoms with Crippen molar-refractivity contribution in [2.75, 3.05) is 44.2 Å². The van der Waals surface area contributed by atoms with E-state index in [0.29, 0.717) is 43.5 Å². The monoisotopic (exact) mass is 477 g/mol. The van der Waals surface area contributed by atoms with Gasteiger partial charge in [0, 0.05) is 38.3 Å². The van der Waals surface area contributed by atoms with Crippen LogP contribution in [0.4, 0.5) is 5.82 Å². The van der Waals surface area contributed by atoms with Crippen LogP contribution in [0.1, 0.15) is 29.9 Å². The Balaban J connectivity index is 1.34. The van der Waals surface area contributed by atoms with Gasteiger partial charge in [0.15, 0.2) is 5.82 Å². The molecule has 0 unspecified atom stereocenters. The molecule has 1 fully saturated rings. The van der Waals surface area contributed by atoms with E-state index >= 15 is 0 Å². The summed E-state index contributed by atoms with van der Waals surface area (Å²) < 4.78 is 0. The minimum atomic E-state index is -0.0592. The summed E-state index contributed by atoms with van der Waals surface area (Å²) in [5.74, 6) is 1.10. The molecule has 1 aromatic carbocycles. The van der Waals surface area contributed by atoms with E-state index in [9.17, 15) is 9.59 Å². The summed E-state index contributed by atoms with van der Waals surface area (Å²) in [4.78, 5) is 32.5. The van der Waals surface area contributed by atoms with Gasteiger partial charge in [0.05, 0.1) is 10.6 Å². The van der Waals surface area contributed by atoms with E-state index in [1.54, 1.807) is 4.90 Å². The van der Waals surface area contributed by atoms with Crippen LogP contribution in [-0.2, 0) is 4.79 Å². The fourth-order valence-corrected chi connectivity index (χ4v) is 4.68. The summed E-state index contributed by atoms with van der Waals surface area (Å²) >= 11 is 1.42. The van der Waals surface area contributed by atoms with E-state index in [4.69, 9.17) is 0 Å². The molecule has 3 heterocycles. The zero-order chi connectivity index (χ0) is 23.9. The summed E-state index contributed by atoms with van der Waals surface area (Å²) in [6.45, 7) is 7.51. The lowest BCUT2D eigenvalue weighted by atomic mass is 10.1. The maximum atomic E-state index is 13.1. The number of piperazine rings is 1. The van der Waals surface area contributed by atoms with Gasteiger partial charge in [-0.05, 0) is 29.5 Å². The fourth-order valence-electron chi connectivity index (χ4n) is 3.99. The van der Waals surface area contributed by atoms with Crippen LogP contribution in [0.25, 0.3) is 11.3 Å². The quantitative estimate of drug-likeness (QED) is 0.490. The molecular formula is C26H31N5O2S. The predicted molar refractivity (Wildman–Crippen MR) is 136 cm³/mol. The standard InChI is InChI=1S/C26H31N5O2S/c1-3-20(2)18-31(26(33)23-10-7-17-34-23)19-25(32)30-15-13-29(14-16-30)24-12-11-22(27-28-24)21-8-5-4-6-9-21/h4-12,17,20H,3,13-16,18-19H2,1-2H3/t20-/m0/s1. The lowest BCUT2D eigenvalue weighted by Gasteiger charge is -2.36. The van der Waals surface area contributed by atoms with Crippen molar-refractivity contribution >= 4 is 29.0 Å². The lowest BCUT2D eigenvalue weighted by molar-refractivity contribution is -0.132. The predicted octanol–water partition coefficient (Wildman–Crippen LogP) is 4.04. The number of aromatic nitrogens is 2. The van der Waals surface area contributed by atoms with Crippen LogP contribution in [0.2, 0.25) is 0 Å². The van der Waals surface area contributed by atoms with Crippen LogP contribution < -0.4 is 4.90 Å². The molecule has 0 saturated carbocycles. The Labute approximate surface area is 205 Å². The molecule has 178 valence electrons. The number of thiophene rings is 1. The molecule has 4 rings (SSSR count). The highest BCUT2D eigenvalue weighted by Gasteiger charge is 2.27. The van der Waals surface area contributed by atoms with Crippen molar-refractivity contribution in [2.24, 2.45) is 5.92 Å². The van der Waals surface area contributed by atoms with Crippen molar-refractivity contribution in [1.82, 2.24) is 20.0 Å². The third kappa shape index (κ3) is 5.80. The molecule has 8 heteroatoms. The first-order valence-electron chi connectivity index (χ1n) is 11.8. The van der Waals surface area contributed by atoms with E-state index in [2.05, 4.69) is 28.9 Å². The zero-order valence-electron chi connectivity index (χ0n) is 19.8. The largest absolute Gasteiger partial charge is 0.352 e. The first-order valence-corrected chi connectivity index (χ1v) is 12.7. The van der Waals surface area contributed by atoms with Crippen LogP contribution in [0.5, 0.6) is 0 Å². The first kappa shape index (κ1) is 23.9. The summed E-state index contributed by atoms with van der Waals surface area (Å²) in [6, 6.07) is 17.6. The minimum absolute atomic E-state index is 0.00151. The SMILES string of the molecule is CC[C@H](C)CN(CC(=O)N1CCN(c2ccc(-c3ccccc3)nn2)CC1)C(=O)c1cccs1. The lowest BCUT2D eigenvalue weighted by Crippen LogP contribution is -2.52. The summed E-state index contributed by atoms with van der Waals surface area (Å²) in [5, 5.41) is 10.7. The molecule has 2 amide bonds. The Bertz CT molecular complexity index is 1060. The molecule has 1 saturated heterocycles. The molecule has 1 aliphatic heterocycles. The van der Waals surface area contributed by atoms with Gasteiger partial charge in [-0.2, -0.15) is 0 Å². The Hall–Kier alpha value is -3.26. The van der Waals surface area contributed by atoms with Gasteiger partial charge < -0.3 is 14.7 Å². The summed E-state index contributed by atoms with van der Waals surface area (Å²) in [6.07, 6.45) is 0.963. The molecule has 0 N–H and O–H groups in total. The maximum absolute atomic E-state index is 13.1. The number of carbonyl (C=O) groups excluding carboxylic acids is 2. The molecule has 0 radical (unpaired) electrons. The number of benzene rings is 1. The molecule has 1 atom stereocenters. The van der Waals surface area contributed by atoms with Gasteiger partial charge in [-0.1, -0.05) is 56.7 Å². The van der Waals surface area contributed by atoms with E-state index in [0.717, 1.165) is 23.5 Å². The van der Waals surface area contributed by atoms with Gasteiger partial charge in [0.1, 0.15) is 6.54 Å². The van der Waals surface area contributed by atoms with Crippen LogP contribution in [0, 0.1) is 5.92 Å². The normalized spacial score (nSPS) is 14.6. The first-order chi connectivity index (χ1) is 16.5. The Morgan fingerprint density at radius 1 is 1.00 bits per heavy atom. The van der Waals surface area contributed by atoms with E-state index in [1.165, 1.54) is 11.3 Å². The van der Waals surface area contributed by atoms with Gasteiger partial charge in [-0.25, -0.2) is 0 Å². The second-order valence-corrected chi connectivity index (χ2v) is 9.63. The molecule has 3 aromatic rings. The fraction of sp³-hybridized carbons (Fsp3) is 0.385. The third-order valence-corrected chi connectivity index (χ3v) is 7.11. The van der Waals surface area contributed by atoms with Gasteiger partial charge >= 0.3 is 0 Å². The molecule has 7 nitrogen and oxygen atoms in total. The highest BCUT2D eigenvalue weighted by Crippen LogP contribution is 2.20. The highest BCUT2D eigenvalue weighted by atomic mass is 32.1. The molecule has 0 bridgehead atoms. The molecular weight excluding hydrogens is 446 g/mol. The van der Waals surface area contributed by atoms with Crippen molar-refractivity contribution in [3.05, 3.63) is 64.9 Å². The van der Waals surface area contributed by atoms with Crippen molar-refractivity contribution in [3.63, 3.8) is 0 Å². The Kier molecular flexibility index (Phi) is 7.90. The third-order valence-electron chi connectivity index (χ3n) is 6.25. The Morgan fingerprint density at radius 3 is 2.38 bits per heavy atom. The molecule has 0 aliphatic carbocycles. The number of carbonyl (C=O) groups is 2. The van der Waals surface area contributed by atoms with Gasteiger partial charge in [0.25, 0.3) is 5.91 Å².